The number of rotatable bonds is 5. The van der Waals surface area contributed by atoms with Crippen molar-refractivity contribution in [1.82, 2.24) is 4.98 Å². The molecule has 8 heteroatoms. The summed E-state index contributed by atoms with van der Waals surface area (Å²) in [5.41, 5.74) is -2.29. The minimum absolute atomic E-state index is 0.0471. The molecule has 0 atom stereocenters. The predicted octanol–water partition coefficient (Wildman–Crippen LogP) is 2.82. The van der Waals surface area contributed by atoms with E-state index in [1.807, 2.05) is 6.92 Å². The Morgan fingerprint density at radius 3 is 2.25 bits per heavy atom. The van der Waals surface area contributed by atoms with Gasteiger partial charge in [-0.1, -0.05) is 13.3 Å². The van der Waals surface area contributed by atoms with Crippen molar-refractivity contribution in [2.75, 3.05) is 0 Å². The summed E-state index contributed by atoms with van der Waals surface area (Å²) in [6.45, 7) is 1.83. The molecule has 0 amide bonds. The Bertz CT molecular complexity index is 544. The lowest BCUT2D eigenvalue weighted by Crippen LogP contribution is -2.19. The number of nitrogens with zero attached hydrogens (tertiary/aromatic N) is 1. The molecule has 0 unspecified atom stereocenters. The van der Waals surface area contributed by atoms with Crippen LogP contribution in [0.15, 0.2) is 6.20 Å². The molecule has 1 aromatic rings. The van der Waals surface area contributed by atoms with Crippen LogP contribution in [0.25, 0.3) is 0 Å². The van der Waals surface area contributed by atoms with Gasteiger partial charge in [-0.05, 0) is 18.4 Å². The summed E-state index contributed by atoms with van der Waals surface area (Å²) in [6, 6.07) is 0. The second kappa shape index (κ2) is 6.45. The zero-order valence-electron chi connectivity index (χ0n) is 10.4. The minimum Gasteiger partial charge on any atom is -0.737 e. The van der Waals surface area contributed by atoms with Crippen molar-refractivity contribution in [3.05, 3.63) is 28.6 Å². The quantitative estimate of drug-likeness (QED) is 0.781. The highest BCUT2D eigenvalue weighted by Crippen LogP contribution is 2.33. The van der Waals surface area contributed by atoms with E-state index in [9.17, 15) is 22.8 Å². The number of aromatic nitrogens is 1. The second-order valence-electron chi connectivity index (χ2n) is 4.05. The van der Waals surface area contributed by atoms with E-state index in [2.05, 4.69) is 30.2 Å². The molecule has 0 spiro atoms. The summed E-state index contributed by atoms with van der Waals surface area (Å²) in [5, 5.41) is -2.04. The first-order valence-corrected chi connectivity index (χ1v) is 6.53. The molecule has 1 rings (SSSR count). The first kappa shape index (κ1) is 16.8. The number of halogens is 3. The van der Waals surface area contributed by atoms with Gasteiger partial charge in [-0.25, -0.2) is 0 Å². The molecule has 0 radical (unpaired) electrons. The van der Waals surface area contributed by atoms with Gasteiger partial charge >= 0.3 is 6.18 Å². The molecule has 0 saturated carbocycles. The Morgan fingerprint density at radius 2 is 1.85 bits per heavy atom. The van der Waals surface area contributed by atoms with Crippen molar-refractivity contribution in [1.29, 1.82) is 0 Å². The Morgan fingerprint density at radius 1 is 1.25 bits per heavy atom. The number of carbonyl (C=O) groups is 2. The number of unbranched alkanes of at least 4 members (excludes halogenated alkanes) is 1. The molecule has 1 heterocycles. The number of pyridine rings is 1. The van der Waals surface area contributed by atoms with Crippen molar-refractivity contribution in [2.45, 2.75) is 32.4 Å². The third-order valence-electron chi connectivity index (χ3n) is 2.66. The normalized spacial score (nSPS) is 11.4. The van der Waals surface area contributed by atoms with Crippen LogP contribution >= 0.6 is 0 Å². The van der Waals surface area contributed by atoms with E-state index in [4.69, 9.17) is 0 Å². The number of hydrogen-bond donors (Lipinski definition) is 0. The average Bonchev–Trinajstić information content (AvgIpc) is 2.33. The first-order valence-electron chi connectivity index (χ1n) is 5.71. The molecule has 0 aliphatic heterocycles. The molecule has 20 heavy (non-hydrogen) atoms. The molecule has 1 aromatic heterocycles. The lowest BCUT2D eigenvalue weighted by atomic mass is 9.97. The van der Waals surface area contributed by atoms with Crippen LogP contribution < -0.4 is 0 Å². The Kier molecular flexibility index (Phi) is 5.41. The van der Waals surface area contributed by atoms with E-state index in [0.717, 1.165) is 6.20 Å². The minimum atomic E-state index is -4.81. The van der Waals surface area contributed by atoms with Crippen LogP contribution in [0.3, 0.4) is 0 Å². The van der Waals surface area contributed by atoms with Crippen LogP contribution in [0.1, 0.15) is 51.7 Å². The molecule has 0 fully saturated rings. The van der Waals surface area contributed by atoms with Crippen LogP contribution in [0, 0.1) is 0 Å². The van der Waals surface area contributed by atoms with Gasteiger partial charge in [0.05, 0.1) is 0 Å². The summed E-state index contributed by atoms with van der Waals surface area (Å²) in [4.78, 5) is 25.9. The fourth-order valence-electron chi connectivity index (χ4n) is 1.77. The molecule has 110 valence electrons. The van der Waals surface area contributed by atoms with E-state index in [0.29, 0.717) is 12.8 Å². The van der Waals surface area contributed by atoms with Gasteiger partial charge in [0.15, 0.2) is 5.69 Å². The van der Waals surface area contributed by atoms with Crippen molar-refractivity contribution in [3.63, 3.8) is 0 Å². The Balaban J connectivity index is 3.61. The zero-order valence-corrected chi connectivity index (χ0v) is 12.0. The summed E-state index contributed by atoms with van der Waals surface area (Å²) < 4.78 is 38.6. The smallest absolute Gasteiger partial charge is 0.434 e. The lowest BCUT2D eigenvalue weighted by Gasteiger charge is -2.21. The standard InChI is InChI=1S/C12H12F3NO2S2/c1-2-3-4-6-7(10(17)19)5-16-9(12(13,14)15)8(6)11(18)20/h5H,2-4H2,1H3,(H,17,19)(H,18,20)/p-2. The monoisotopic (exact) mass is 321 g/mol. The maximum Gasteiger partial charge on any atom is 0.434 e. The highest BCUT2D eigenvalue weighted by Gasteiger charge is 2.37. The molecule has 0 aliphatic carbocycles. The fraction of sp³-hybridized carbons (Fsp3) is 0.417. The van der Waals surface area contributed by atoms with E-state index < -0.39 is 27.7 Å². The van der Waals surface area contributed by atoms with Crippen LogP contribution in [-0.2, 0) is 37.9 Å². The zero-order chi connectivity index (χ0) is 15.5. The fourth-order valence-corrected chi connectivity index (χ4v) is 2.17. The first-order chi connectivity index (χ1) is 9.20. The van der Waals surface area contributed by atoms with Crippen LogP contribution in [0.5, 0.6) is 0 Å². The Labute approximate surface area is 124 Å². The van der Waals surface area contributed by atoms with Crippen molar-refractivity contribution < 1.29 is 22.8 Å². The topological polar surface area (TPSA) is 47.0 Å². The van der Waals surface area contributed by atoms with Crippen LogP contribution in [-0.4, -0.2) is 15.2 Å². The van der Waals surface area contributed by atoms with Gasteiger partial charge in [0.1, 0.15) is 0 Å². The van der Waals surface area contributed by atoms with Gasteiger partial charge in [-0.3, -0.25) is 4.98 Å². The van der Waals surface area contributed by atoms with Crippen LogP contribution in [0.4, 0.5) is 13.2 Å². The molecule has 0 saturated heterocycles. The van der Waals surface area contributed by atoms with Gasteiger partial charge in [-0.2, -0.15) is 13.2 Å². The molecule has 0 N–H and O–H groups in total. The molecule has 0 bridgehead atoms. The molecular formula is C12H10F3NO2S2-2. The van der Waals surface area contributed by atoms with Crippen molar-refractivity contribution >= 4 is 35.5 Å². The van der Waals surface area contributed by atoms with Crippen LogP contribution in [0.2, 0.25) is 0 Å². The number of alkyl halides is 3. The van der Waals surface area contributed by atoms with E-state index in [-0.39, 0.29) is 17.5 Å². The third kappa shape index (κ3) is 3.63. The average molecular weight is 321 g/mol. The van der Waals surface area contributed by atoms with Crippen molar-refractivity contribution in [2.24, 2.45) is 0 Å². The SMILES string of the molecule is CCCCc1c(C(=O)[S-])cnc(C(F)(F)F)c1C(=O)[S-]. The van der Waals surface area contributed by atoms with E-state index in [1.54, 1.807) is 0 Å². The maximum absolute atomic E-state index is 12.9. The van der Waals surface area contributed by atoms with Gasteiger partial charge in [0.25, 0.3) is 0 Å². The Hall–Kier alpha value is -1.28. The van der Waals surface area contributed by atoms with Gasteiger partial charge < -0.3 is 34.8 Å². The van der Waals surface area contributed by atoms with Gasteiger partial charge in [-0.15, -0.1) is 0 Å². The highest BCUT2D eigenvalue weighted by molar-refractivity contribution is 7.78. The summed E-state index contributed by atoms with van der Waals surface area (Å²) in [5.74, 6) is 0. The largest absolute Gasteiger partial charge is 0.737 e. The molecule has 0 aliphatic rings. The lowest BCUT2D eigenvalue weighted by molar-refractivity contribution is -0.141. The number of carbonyl (C=O) groups excluding carboxylic acids is 2. The highest BCUT2D eigenvalue weighted by atomic mass is 32.1. The second-order valence-corrected chi connectivity index (χ2v) is 4.79. The van der Waals surface area contributed by atoms with Gasteiger partial charge in [0, 0.05) is 27.6 Å². The van der Waals surface area contributed by atoms with Crippen molar-refractivity contribution in [3.8, 4) is 0 Å². The van der Waals surface area contributed by atoms with E-state index >= 15 is 0 Å². The van der Waals surface area contributed by atoms with Gasteiger partial charge in [0.2, 0.25) is 0 Å². The predicted molar refractivity (Wildman–Crippen MR) is 71.2 cm³/mol. The summed E-state index contributed by atoms with van der Waals surface area (Å²) >= 11 is 8.82. The summed E-state index contributed by atoms with van der Waals surface area (Å²) in [7, 11) is 0. The molecular weight excluding hydrogens is 311 g/mol. The molecule has 3 nitrogen and oxygen atoms in total. The molecule has 0 aromatic carbocycles. The third-order valence-corrected chi connectivity index (χ3v) is 3.08. The van der Waals surface area contributed by atoms with E-state index in [1.165, 1.54) is 0 Å². The maximum atomic E-state index is 12.9. The number of hydrogen-bond acceptors (Lipinski definition) is 5. The summed E-state index contributed by atoms with van der Waals surface area (Å²) in [6.07, 6.45) is -2.73.